The van der Waals surface area contributed by atoms with Crippen LogP contribution in [0.2, 0.25) is 0 Å². The Bertz CT molecular complexity index is 534. The van der Waals surface area contributed by atoms with Gasteiger partial charge in [-0.3, -0.25) is 0 Å². The van der Waals surface area contributed by atoms with Crippen molar-refractivity contribution in [3.8, 4) is 0 Å². The highest BCUT2D eigenvalue weighted by Gasteiger charge is 2.61. The second-order valence-electron chi connectivity index (χ2n) is 10.8. The van der Waals surface area contributed by atoms with Crippen molar-refractivity contribution in [1.29, 1.82) is 0 Å². The Morgan fingerprint density at radius 2 is 1.44 bits per heavy atom. The lowest BCUT2D eigenvalue weighted by atomic mass is 9.69. The summed E-state index contributed by atoms with van der Waals surface area (Å²) in [5, 5.41) is 9.79. The molecular weight excluding hydrogens is 352 g/mol. The fourth-order valence-corrected chi connectivity index (χ4v) is 3.34. The van der Waals surface area contributed by atoms with Crippen LogP contribution in [0, 0.1) is 22.2 Å². The van der Waals surface area contributed by atoms with Gasteiger partial charge in [-0.2, -0.15) is 9.78 Å². The molecule has 7 nitrogen and oxygen atoms in total. The smallest absolute Gasteiger partial charge is 0.393 e. The van der Waals surface area contributed by atoms with Crippen LogP contribution in [0.1, 0.15) is 81.6 Å². The quantitative estimate of drug-likeness (QED) is 0.401. The van der Waals surface area contributed by atoms with Crippen molar-refractivity contribution < 1.29 is 34.2 Å². The van der Waals surface area contributed by atoms with Crippen molar-refractivity contribution in [3.05, 3.63) is 0 Å². The number of carbonyl (C=O) groups excluding carboxylic acids is 2. The molecule has 27 heavy (non-hydrogen) atoms. The van der Waals surface area contributed by atoms with E-state index in [2.05, 4.69) is 0 Å². The molecule has 0 bridgehead atoms. The Balaban J connectivity index is 2.81. The SMILES string of the molecule is CC(O)CC(C)(C)C(CC(C)(C)C)C(=O)OOC(=O)C1(CC(C)(C)C)OO1. The number of aliphatic hydroxyl groups is 1. The molecule has 0 amide bonds. The summed E-state index contributed by atoms with van der Waals surface area (Å²) in [4.78, 5) is 44.3. The van der Waals surface area contributed by atoms with E-state index in [4.69, 9.17) is 19.6 Å². The summed E-state index contributed by atoms with van der Waals surface area (Å²) in [6.07, 6.45) is 0.636. The summed E-state index contributed by atoms with van der Waals surface area (Å²) < 4.78 is 0. The maximum Gasteiger partial charge on any atom is 0.420 e. The maximum atomic E-state index is 12.7. The molecule has 1 aliphatic rings. The van der Waals surface area contributed by atoms with Gasteiger partial charge in [0.25, 0.3) is 0 Å². The Hall–Kier alpha value is -1.18. The van der Waals surface area contributed by atoms with Gasteiger partial charge in [-0.1, -0.05) is 55.4 Å². The molecule has 1 saturated heterocycles. The van der Waals surface area contributed by atoms with Gasteiger partial charge in [-0.05, 0) is 36.0 Å². The van der Waals surface area contributed by atoms with Crippen LogP contribution in [0.25, 0.3) is 0 Å². The molecule has 1 N–H and O–H groups in total. The molecule has 0 saturated carbocycles. The summed E-state index contributed by atoms with van der Waals surface area (Å²) in [6.45, 7) is 17.3. The number of aliphatic hydroxyl groups excluding tert-OH is 1. The van der Waals surface area contributed by atoms with Crippen molar-refractivity contribution in [1.82, 2.24) is 0 Å². The van der Waals surface area contributed by atoms with Crippen LogP contribution in [0.4, 0.5) is 0 Å². The minimum absolute atomic E-state index is 0.153. The number of carbonyl (C=O) groups is 2. The lowest BCUT2D eigenvalue weighted by Gasteiger charge is -2.36. The standard InChI is InChI=1S/C20H36O7/c1-13(21)10-19(8,9)14(11-17(2,3)4)15(22)24-25-16(23)20(26-27-20)12-18(5,6)7/h13-14,21H,10-12H2,1-9H3. The molecule has 2 atom stereocenters. The van der Waals surface area contributed by atoms with Gasteiger partial charge in [0, 0.05) is 6.42 Å². The summed E-state index contributed by atoms with van der Waals surface area (Å²) in [5.41, 5.74) is -0.937. The van der Waals surface area contributed by atoms with Gasteiger partial charge in [-0.15, -0.1) is 0 Å². The number of rotatable bonds is 7. The highest BCUT2D eigenvalue weighted by molar-refractivity contribution is 5.80. The zero-order chi connectivity index (χ0) is 21.3. The molecule has 1 rings (SSSR count). The van der Waals surface area contributed by atoms with Gasteiger partial charge in [0.05, 0.1) is 12.0 Å². The van der Waals surface area contributed by atoms with Crippen LogP contribution in [0.3, 0.4) is 0 Å². The van der Waals surface area contributed by atoms with Crippen molar-refractivity contribution in [3.63, 3.8) is 0 Å². The van der Waals surface area contributed by atoms with Gasteiger partial charge >= 0.3 is 17.7 Å². The van der Waals surface area contributed by atoms with Gasteiger partial charge in [0.2, 0.25) is 0 Å². The Morgan fingerprint density at radius 3 is 1.81 bits per heavy atom. The van der Waals surface area contributed by atoms with Crippen LogP contribution in [0.5, 0.6) is 0 Å². The summed E-state index contributed by atoms with van der Waals surface area (Å²) in [5.74, 6) is -3.59. The van der Waals surface area contributed by atoms with E-state index in [0.717, 1.165) is 0 Å². The summed E-state index contributed by atoms with van der Waals surface area (Å²) in [6, 6.07) is 0. The first-order valence-electron chi connectivity index (χ1n) is 9.45. The first-order valence-corrected chi connectivity index (χ1v) is 9.45. The predicted molar refractivity (Wildman–Crippen MR) is 98.8 cm³/mol. The van der Waals surface area contributed by atoms with E-state index < -0.39 is 35.2 Å². The third-order valence-electron chi connectivity index (χ3n) is 4.42. The molecule has 158 valence electrons. The monoisotopic (exact) mass is 388 g/mol. The van der Waals surface area contributed by atoms with E-state index in [-0.39, 0.29) is 17.3 Å². The largest absolute Gasteiger partial charge is 0.420 e. The van der Waals surface area contributed by atoms with Crippen LogP contribution < -0.4 is 0 Å². The molecule has 0 spiro atoms. The van der Waals surface area contributed by atoms with Crippen molar-refractivity contribution in [2.24, 2.45) is 22.2 Å². The van der Waals surface area contributed by atoms with E-state index in [1.807, 2.05) is 55.4 Å². The second-order valence-corrected chi connectivity index (χ2v) is 10.8. The zero-order valence-corrected chi connectivity index (χ0v) is 18.2. The van der Waals surface area contributed by atoms with E-state index in [1.165, 1.54) is 0 Å². The fourth-order valence-electron chi connectivity index (χ4n) is 3.34. The van der Waals surface area contributed by atoms with Crippen molar-refractivity contribution in [2.75, 3.05) is 0 Å². The molecule has 1 heterocycles. The molecular formula is C20H36O7. The average molecular weight is 389 g/mol. The molecule has 0 aromatic heterocycles. The third kappa shape index (κ3) is 7.76. The van der Waals surface area contributed by atoms with E-state index >= 15 is 0 Å². The fraction of sp³-hybridized carbons (Fsp3) is 0.900. The van der Waals surface area contributed by atoms with Gasteiger partial charge in [0.15, 0.2) is 0 Å². The summed E-state index contributed by atoms with van der Waals surface area (Å²) >= 11 is 0. The zero-order valence-electron chi connectivity index (χ0n) is 18.2. The Labute approximate surface area is 162 Å². The van der Waals surface area contributed by atoms with Gasteiger partial charge in [-0.25, -0.2) is 19.4 Å². The Kier molecular flexibility index (Phi) is 7.12. The first kappa shape index (κ1) is 23.9. The number of hydrogen-bond donors (Lipinski definition) is 1. The summed E-state index contributed by atoms with van der Waals surface area (Å²) in [7, 11) is 0. The van der Waals surface area contributed by atoms with E-state index in [0.29, 0.717) is 12.8 Å². The first-order chi connectivity index (χ1) is 12.0. The minimum Gasteiger partial charge on any atom is -0.393 e. The van der Waals surface area contributed by atoms with Gasteiger partial charge in [0.1, 0.15) is 0 Å². The van der Waals surface area contributed by atoms with Crippen molar-refractivity contribution >= 4 is 11.9 Å². The van der Waals surface area contributed by atoms with E-state index in [9.17, 15) is 14.7 Å². The maximum absolute atomic E-state index is 12.7. The normalized spacial score (nSPS) is 19.2. The van der Waals surface area contributed by atoms with Crippen LogP contribution in [-0.2, 0) is 29.1 Å². The second kappa shape index (κ2) is 8.05. The molecule has 0 radical (unpaired) electrons. The molecule has 7 heteroatoms. The molecule has 1 fully saturated rings. The predicted octanol–water partition coefficient (Wildman–Crippen LogP) is 3.93. The van der Waals surface area contributed by atoms with Crippen LogP contribution >= 0.6 is 0 Å². The van der Waals surface area contributed by atoms with Crippen LogP contribution in [0.15, 0.2) is 0 Å². The lowest BCUT2D eigenvalue weighted by molar-refractivity contribution is -0.270. The topological polar surface area (TPSA) is 97.9 Å². The third-order valence-corrected chi connectivity index (χ3v) is 4.42. The van der Waals surface area contributed by atoms with Crippen molar-refractivity contribution in [2.45, 2.75) is 93.5 Å². The van der Waals surface area contributed by atoms with E-state index in [1.54, 1.807) is 6.92 Å². The number of hydrogen-bond acceptors (Lipinski definition) is 7. The molecule has 2 unspecified atom stereocenters. The molecule has 0 aliphatic carbocycles. The average Bonchev–Trinajstić information content (AvgIpc) is 3.18. The molecule has 0 aromatic carbocycles. The van der Waals surface area contributed by atoms with Gasteiger partial charge < -0.3 is 5.11 Å². The molecule has 0 aromatic rings. The molecule has 1 aliphatic heterocycles. The Morgan fingerprint density at radius 1 is 0.926 bits per heavy atom. The highest BCUT2D eigenvalue weighted by Crippen LogP contribution is 2.43. The van der Waals surface area contributed by atoms with Crippen LogP contribution in [-0.4, -0.2) is 28.9 Å². The minimum atomic E-state index is -1.51. The highest BCUT2D eigenvalue weighted by atomic mass is 17.4. The lowest BCUT2D eigenvalue weighted by Crippen LogP contribution is -2.39.